The zero-order valence-electron chi connectivity index (χ0n) is 28.8. The second kappa shape index (κ2) is 19.3. The van der Waals surface area contributed by atoms with Crippen molar-refractivity contribution in [1.29, 1.82) is 0 Å². The molecule has 0 amide bonds. The molecule has 0 bridgehead atoms. The Bertz CT molecular complexity index is 1660. The summed E-state index contributed by atoms with van der Waals surface area (Å²) in [5, 5.41) is 8.58. The van der Waals surface area contributed by atoms with Crippen LogP contribution in [0.3, 0.4) is 0 Å². The molecule has 0 N–H and O–H groups in total. The molecule has 1 fully saturated rings. The van der Waals surface area contributed by atoms with Crippen molar-refractivity contribution in [2.24, 2.45) is 0 Å². The summed E-state index contributed by atoms with van der Waals surface area (Å²) in [6, 6.07) is 59.7. The first-order valence-electron chi connectivity index (χ1n) is 17.4. The fourth-order valence-corrected chi connectivity index (χ4v) is 11.4. The molecule has 0 saturated carbocycles. The van der Waals surface area contributed by atoms with Crippen molar-refractivity contribution in [3.05, 3.63) is 169 Å². The quantitative estimate of drug-likeness (QED) is 0.0766. The van der Waals surface area contributed by atoms with E-state index in [0.29, 0.717) is 6.04 Å². The molecule has 0 radical (unpaired) electrons. The summed E-state index contributed by atoms with van der Waals surface area (Å²) in [6.07, 6.45) is 4.14. The van der Waals surface area contributed by atoms with Crippen LogP contribution in [0.1, 0.15) is 37.8 Å². The zero-order chi connectivity index (χ0) is 33.0. The predicted octanol–water partition coefficient (Wildman–Crippen LogP) is 7.80. The first-order chi connectivity index (χ1) is 23.7. The molecular formula is C44H48FeN2P2-6. The molecule has 49 heavy (non-hydrogen) atoms. The van der Waals surface area contributed by atoms with Crippen LogP contribution in [0.4, 0.5) is 0 Å². The van der Waals surface area contributed by atoms with E-state index in [1.807, 2.05) is 0 Å². The van der Waals surface area contributed by atoms with E-state index >= 15 is 0 Å². The number of likely N-dealkylation sites (N-methyl/N-ethyl adjacent to an activating group) is 1. The van der Waals surface area contributed by atoms with Crippen LogP contribution in [-0.4, -0.2) is 43.0 Å². The molecule has 1 heterocycles. The minimum absolute atomic E-state index is 0. The van der Waals surface area contributed by atoms with Crippen LogP contribution in [0.25, 0.3) is 0 Å². The van der Waals surface area contributed by atoms with Gasteiger partial charge in [-0.25, -0.2) is 20.1 Å². The van der Waals surface area contributed by atoms with Gasteiger partial charge in [-0.1, -0.05) is 145 Å². The van der Waals surface area contributed by atoms with Crippen LogP contribution in [0.5, 0.6) is 0 Å². The van der Waals surface area contributed by atoms with E-state index in [-0.39, 0.29) is 17.1 Å². The predicted molar refractivity (Wildman–Crippen MR) is 213 cm³/mol. The largest absolute Gasteiger partial charge is 0.747 e. The van der Waals surface area contributed by atoms with Crippen LogP contribution in [0, 0.1) is 0 Å². The van der Waals surface area contributed by atoms with Crippen LogP contribution in [0.2, 0.25) is 0 Å². The first-order valence-corrected chi connectivity index (χ1v) is 20.1. The summed E-state index contributed by atoms with van der Waals surface area (Å²) in [6.45, 7) is 7.23. The molecule has 1 aliphatic heterocycles. The van der Waals surface area contributed by atoms with E-state index in [4.69, 9.17) is 0 Å². The van der Waals surface area contributed by atoms with Gasteiger partial charge in [-0.3, -0.25) is 0 Å². The van der Waals surface area contributed by atoms with Crippen molar-refractivity contribution in [3.63, 3.8) is 0 Å². The maximum Gasteiger partial charge on any atom is 0.0109 e. The van der Waals surface area contributed by atoms with Gasteiger partial charge in [0.15, 0.2) is 0 Å². The smallest absolute Gasteiger partial charge is 0.0109 e. The number of likely N-dealkylation sites (tertiary alicyclic amines) is 1. The van der Waals surface area contributed by atoms with Gasteiger partial charge >= 0.3 is 0 Å². The maximum absolute atomic E-state index is 2.64. The minimum atomic E-state index is -0.545. The van der Waals surface area contributed by atoms with Gasteiger partial charge in [-0.05, 0) is 57.6 Å². The topological polar surface area (TPSA) is 6.48 Å². The van der Waals surface area contributed by atoms with Crippen molar-refractivity contribution in [2.45, 2.75) is 32.2 Å². The molecule has 258 valence electrons. The van der Waals surface area contributed by atoms with Gasteiger partial charge in [0.2, 0.25) is 0 Å². The number of hydrogen-bond donors (Lipinski definition) is 0. The Hall–Kier alpha value is -3.12. The molecule has 7 rings (SSSR count). The second-order valence-electron chi connectivity index (χ2n) is 12.6. The number of benzene rings is 4. The van der Waals surface area contributed by atoms with Gasteiger partial charge in [-0.2, -0.15) is 6.07 Å². The molecule has 0 spiro atoms. The monoisotopic (exact) mass is 722 g/mol. The molecule has 6 aromatic carbocycles. The van der Waals surface area contributed by atoms with E-state index in [2.05, 4.69) is 188 Å². The maximum atomic E-state index is 2.64. The Kier molecular flexibility index (Phi) is 14.6. The van der Waals surface area contributed by atoms with Crippen molar-refractivity contribution in [2.75, 3.05) is 33.2 Å². The number of piperidine rings is 1. The molecule has 5 heteroatoms. The van der Waals surface area contributed by atoms with Gasteiger partial charge < -0.3 is 39.4 Å². The molecule has 2 nitrogen and oxygen atoms in total. The standard InChI is InChI=1S/C27H34N2P.C17H14P.Fe/c1-23(28(2)21-22-29-19-10-5-11-20-29)26-17-12-18-27(26)30(24-13-6-3-7-14-24)25-15-8-4-9-16-25;1-3-9-15(10-4-1)18(17-13-7-8-14-17)16-11-5-2-6-12-16;/h3-4,6-9,12-18,23H,5,10-11,19-22H2,1-2H3;1-14H;/q-1;-5;. The van der Waals surface area contributed by atoms with Crippen LogP contribution >= 0.6 is 15.8 Å². The molecule has 6 aromatic rings. The Morgan fingerprint density at radius 2 is 1.12 bits per heavy atom. The van der Waals surface area contributed by atoms with Crippen LogP contribution in [-0.2, 0) is 17.1 Å². The molecular weight excluding hydrogens is 674 g/mol. The SMILES string of the molecule is CC([c-]1cccc1P(c1ccccc1)c1ccccc1)N(C)CCN1CCCCC1.[Fe].c1ccc(P(c2ccccc2)[c-]2[cH-][cH-][cH-][cH-]2)cc1. The van der Waals surface area contributed by atoms with Gasteiger partial charge in [0.25, 0.3) is 0 Å². The molecule has 1 saturated heterocycles. The summed E-state index contributed by atoms with van der Waals surface area (Å²) < 4.78 is 0. The van der Waals surface area contributed by atoms with Gasteiger partial charge in [-0.15, -0.1) is 10.9 Å². The summed E-state index contributed by atoms with van der Waals surface area (Å²) in [5.74, 6) is 0. The van der Waals surface area contributed by atoms with Crippen molar-refractivity contribution >= 4 is 47.7 Å². The summed E-state index contributed by atoms with van der Waals surface area (Å²) in [4.78, 5) is 5.18. The third-order valence-corrected chi connectivity index (χ3v) is 14.3. The third kappa shape index (κ3) is 9.99. The zero-order valence-corrected chi connectivity index (χ0v) is 31.7. The van der Waals surface area contributed by atoms with E-state index in [0.717, 1.165) is 6.54 Å². The summed E-state index contributed by atoms with van der Waals surface area (Å²) in [5.41, 5.74) is 1.48. The number of rotatable bonds is 11. The minimum Gasteiger partial charge on any atom is -0.747 e. The van der Waals surface area contributed by atoms with Gasteiger partial charge in [0.1, 0.15) is 0 Å². The Morgan fingerprint density at radius 3 is 1.61 bits per heavy atom. The molecule has 0 aliphatic carbocycles. The van der Waals surface area contributed by atoms with E-state index in [1.54, 1.807) is 0 Å². The molecule has 1 aliphatic rings. The normalized spacial score (nSPS) is 13.9. The van der Waals surface area contributed by atoms with Crippen molar-refractivity contribution in [1.82, 2.24) is 9.80 Å². The van der Waals surface area contributed by atoms with E-state index < -0.39 is 15.8 Å². The molecule has 1 atom stereocenters. The summed E-state index contributed by atoms with van der Waals surface area (Å²) in [7, 11) is 1.34. The number of nitrogens with zero attached hydrogens (tertiary/aromatic N) is 2. The van der Waals surface area contributed by atoms with Crippen molar-refractivity contribution < 1.29 is 17.1 Å². The van der Waals surface area contributed by atoms with Gasteiger partial charge in [0.05, 0.1) is 0 Å². The molecule has 1 unspecified atom stereocenters. The van der Waals surface area contributed by atoms with Crippen molar-refractivity contribution in [3.8, 4) is 0 Å². The first kappa shape index (κ1) is 37.1. The number of hydrogen-bond acceptors (Lipinski definition) is 2. The van der Waals surface area contributed by atoms with Crippen LogP contribution in [0.15, 0.2) is 164 Å². The Labute approximate surface area is 307 Å². The average Bonchev–Trinajstić information content (AvgIpc) is 3.87. The Balaban J connectivity index is 0.000000210. The van der Waals surface area contributed by atoms with E-state index in [9.17, 15) is 0 Å². The van der Waals surface area contributed by atoms with Crippen LogP contribution < -0.4 is 31.8 Å². The second-order valence-corrected chi connectivity index (χ2v) is 17.0. The summed E-state index contributed by atoms with van der Waals surface area (Å²) >= 11 is 0. The Morgan fingerprint density at radius 1 is 0.653 bits per heavy atom. The average molecular weight is 723 g/mol. The van der Waals surface area contributed by atoms with E-state index in [1.165, 1.54) is 76.3 Å². The van der Waals surface area contributed by atoms with Gasteiger partial charge in [0, 0.05) is 30.2 Å². The fraction of sp³-hybridized carbons (Fsp3) is 0.227. The fourth-order valence-electron chi connectivity index (χ4n) is 6.59. The molecule has 0 aromatic heterocycles. The third-order valence-electron chi connectivity index (χ3n) is 9.36.